The molecule has 2 rings (SSSR count). The third-order valence-corrected chi connectivity index (χ3v) is 3.71. The fraction of sp³-hybridized carbons (Fsp3) is 0.533. The minimum absolute atomic E-state index is 0.220. The van der Waals surface area contributed by atoms with Crippen molar-refractivity contribution in [2.75, 3.05) is 13.7 Å². The van der Waals surface area contributed by atoms with Crippen molar-refractivity contribution in [1.82, 2.24) is 5.32 Å². The molecule has 1 aliphatic rings. The summed E-state index contributed by atoms with van der Waals surface area (Å²) < 4.78 is 5.29. The monoisotopic (exact) mass is 247 g/mol. The molecule has 18 heavy (non-hydrogen) atoms. The number of hydrogen-bond donors (Lipinski definition) is 1. The molecular weight excluding hydrogens is 226 g/mol. The predicted molar refractivity (Wildman–Crippen MR) is 71.9 cm³/mol. The molecule has 0 aromatic heterocycles. The van der Waals surface area contributed by atoms with E-state index in [1.165, 1.54) is 16.7 Å². The van der Waals surface area contributed by atoms with Gasteiger partial charge in [-0.15, -0.1) is 0 Å². The standard InChI is InChI=1S/C15H21NO2/c1-10-11(2)14(18-3)7-6-12(10)8-9-16-15(17)13-4-5-13/h6-7,13H,4-5,8-9H2,1-3H3,(H,16,17). The topological polar surface area (TPSA) is 38.3 Å². The van der Waals surface area contributed by atoms with E-state index in [0.29, 0.717) is 5.92 Å². The van der Waals surface area contributed by atoms with Crippen LogP contribution in [0.4, 0.5) is 0 Å². The van der Waals surface area contributed by atoms with Crippen LogP contribution >= 0.6 is 0 Å². The molecule has 1 aromatic carbocycles. The largest absolute Gasteiger partial charge is 0.496 e. The molecule has 3 nitrogen and oxygen atoms in total. The number of hydrogen-bond acceptors (Lipinski definition) is 2. The average Bonchev–Trinajstić information content (AvgIpc) is 3.19. The zero-order chi connectivity index (χ0) is 13.1. The van der Waals surface area contributed by atoms with Crippen LogP contribution < -0.4 is 10.1 Å². The van der Waals surface area contributed by atoms with Crippen molar-refractivity contribution in [3.8, 4) is 5.75 Å². The molecule has 1 amide bonds. The summed E-state index contributed by atoms with van der Waals surface area (Å²) in [6, 6.07) is 4.09. The molecule has 0 unspecified atom stereocenters. The van der Waals surface area contributed by atoms with E-state index in [9.17, 15) is 4.79 Å². The lowest BCUT2D eigenvalue weighted by atomic mass is 10.00. The second kappa shape index (κ2) is 5.42. The zero-order valence-corrected chi connectivity index (χ0v) is 11.4. The van der Waals surface area contributed by atoms with Crippen molar-refractivity contribution < 1.29 is 9.53 Å². The molecule has 1 aliphatic carbocycles. The number of methoxy groups -OCH3 is 1. The Morgan fingerprint density at radius 2 is 2.06 bits per heavy atom. The Morgan fingerprint density at radius 1 is 1.33 bits per heavy atom. The second-order valence-electron chi connectivity index (χ2n) is 4.99. The van der Waals surface area contributed by atoms with Crippen LogP contribution in [0.1, 0.15) is 29.5 Å². The van der Waals surface area contributed by atoms with E-state index in [-0.39, 0.29) is 5.91 Å². The van der Waals surface area contributed by atoms with Crippen LogP contribution in [-0.4, -0.2) is 19.6 Å². The van der Waals surface area contributed by atoms with Crippen molar-refractivity contribution in [2.24, 2.45) is 5.92 Å². The average molecular weight is 247 g/mol. The summed E-state index contributed by atoms with van der Waals surface area (Å²) in [7, 11) is 1.69. The van der Waals surface area contributed by atoms with Crippen LogP contribution in [0.5, 0.6) is 5.75 Å². The Labute approximate surface area is 109 Å². The molecule has 1 aromatic rings. The highest BCUT2D eigenvalue weighted by molar-refractivity contribution is 5.80. The summed E-state index contributed by atoms with van der Waals surface area (Å²) in [6.07, 6.45) is 3.01. The Bertz CT molecular complexity index is 450. The predicted octanol–water partition coefficient (Wildman–Crippen LogP) is 2.38. The third kappa shape index (κ3) is 2.84. The van der Waals surface area contributed by atoms with Crippen LogP contribution in [0.2, 0.25) is 0 Å². The molecular formula is C15H21NO2. The van der Waals surface area contributed by atoms with Gasteiger partial charge in [-0.05, 0) is 55.9 Å². The molecule has 1 saturated carbocycles. The first-order valence-corrected chi connectivity index (χ1v) is 6.54. The van der Waals surface area contributed by atoms with Crippen molar-refractivity contribution in [3.63, 3.8) is 0 Å². The SMILES string of the molecule is COc1ccc(CCNC(=O)C2CC2)c(C)c1C. The highest BCUT2D eigenvalue weighted by Crippen LogP contribution is 2.28. The summed E-state index contributed by atoms with van der Waals surface area (Å²) in [5.41, 5.74) is 3.72. The lowest BCUT2D eigenvalue weighted by molar-refractivity contribution is -0.122. The van der Waals surface area contributed by atoms with Crippen LogP contribution in [0.15, 0.2) is 12.1 Å². The Morgan fingerprint density at radius 3 is 2.67 bits per heavy atom. The van der Waals surface area contributed by atoms with Crippen LogP contribution in [0, 0.1) is 19.8 Å². The smallest absolute Gasteiger partial charge is 0.223 e. The molecule has 0 spiro atoms. The van der Waals surface area contributed by atoms with E-state index in [2.05, 4.69) is 25.2 Å². The third-order valence-electron chi connectivity index (χ3n) is 3.71. The van der Waals surface area contributed by atoms with Gasteiger partial charge in [-0.25, -0.2) is 0 Å². The molecule has 0 aliphatic heterocycles. The zero-order valence-electron chi connectivity index (χ0n) is 11.4. The second-order valence-corrected chi connectivity index (χ2v) is 4.99. The number of rotatable bonds is 5. The van der Waals surface area contributed by atoms with Gasteiger partial charge in [0.2, 0.25) is 5.91 Å². The van der Waals surface area contributed by atoms with Crippen molar-refractivity contribution >= 4 is 5.91 Å². The van der Waals surface area contributed by atoms with Crippen LogP contribution in [0.3, 0.4) is 0 Å². The highest BCUT2D eigenvalue weighted by Gasteiger charge is 2.29. The highest BCUT2D eigenvalue weighted by atomic mass is 16.5. The number of ether oxygens (including phenoxy) is 1. The molecule has 98 valence electrons. The molecule has 0 saturated heterocycles. The van der Waals surface area contributed by atoms with Gasteiger partial charge in [0.15, 0.2) is 0 Å². The van der Waals surface area contributed by atoms with Crippen molar-refractivity contribution in [1.29, 1.82) is 0 Å². The first kappa shape index (κ1) is 12.9. The summed E-state index contributed by atoms with van der Waals surface area (Å²) in [4.78, 5) is 11.5. The van der Waals surface area contributed by atoms with Gasteiger partial charge in [-0.1, -0.05) is 6.07 Å². The van der Waals surface area contributed by atoms with E-state index >= 15 is 0 Å². The van der Waals surface area contributed by atoms with Crippen molar-refractivity contribution in [2.45, 2.75) is 33.1 Å². The van der Waals surface area contributed by atoms with E-state index in [4.69, 9.17) is 4.74 Å². The number of carbonyl (C=O) groups is 1. The maximum absolute atomic E-state index is 11.5. The Balaban J connectivity index is 1.92. The van der Waals surface area contributed by atoms with E-state index < -0.39 is 0 Å². The molecule has 0 atom stereocenters. The van der Waals surface area contributed by atoms with Gasteiger partial charge in [0.1, 0.15) is 5.75 Å². The number of carbonyl (C=O) groups excluding carboxylic acids is 1. The van der Waals surface area contributed by atoms with Crippen molar-refractivity contribution in [3.05, 3.63) is 28.8 Å². The Kier molecular flexibility index (Phi) is 3.90. The summed E-state index contributed by atoms with van der Waals surface area (Å²) in [5.74, 6) is 1.44. The van der Waals surface area contributed by atoms with Gasteiger partial charge < -0.3 is 10.1 Å². The first-order valence-electron chi connectivity index (χ1n) is 6.54. The fourth-order valence-corrected chi connectivity index (χ4v) is 2.15. The normalized spacial score (nSPS) is 14.4. The number of amides is 1. The van der Waals surface area contributed by atoms with E-state index in [1.807, 2.05) is 6.07 Å². The molecule has 0 radical (unpaired) electrons. The minimum Gasteiger partial charge on any atom is -0.496 e. The lowest BCUT2D eigenvalue weighted by Gasteiger charge is -2.13. The molecule has 0 heterocycles. The fourth-order valence-electron chi connectivity index (χ4n) is 2.15. The van der Waals surface area contributed by atoms with Gasteiger partial charge in [0.05, 0.1) is 7.11 Å². The van der Waals surface area contributed by atoms with E-state index in [0.717, 1.165) is 31.6 Å². The summed E-state index contributed by atoms with van der Waals surface area (Å²) >= 11 is 0. The summed E-state index contributed by atoms with van der Waals surface area (Å²) in [5, 5.41) is 3.00. The maximum atomic E-state index is 11.5. The number of nitrogens with one attached hydrogen (secondary N) is 1. The van der Waals surface area contributed by atoms with Gasteiger partial charge >= 0.3 is 0 Å². The summed E-state index contributed by atoms with van der Waals surface area (Å²) in [6.45, 7) is 4.90. The molecule has 1 N–H and O–H groups in total. The maximum Gasteiger partial charge on any atom is 0.223 e. The van der Waals surface area contributed by atoms with E-state index in [1.54, 1.807) is 7.11 Å². The van der Waals surface area contributed by atoms with Gasteiger partial charge in [-0.2, -0.15) is 0 Å². The van der Waals surface area contributed by atoms with Gasteiger partial charge in [-0.3, -0.25) is 4.79 Å². The number of benzene rings is 1. The molecule has 0 bridgehead atoms. The quantitative estimate of drug-likeness (QED) is 0.867. The Hall–Kier alpha value is -1.51. The first-order chi connectivity index (χ1) is 8.63. The molecule has 3 heteroatoms. The van der Waals surface area contributed by atoms with Gasteiger partial charge in [0, 0.05) is 12.5 Å². The van der Waals surface area contributed by atoms with Crippen LogP contribution in [-0.2, 0) is 11.2 Å². The van der Waals surface area contributed by atoms with Gasteiger partial charge in [0.25, 0.3) is 0 Å². The lowest BCUT2D eigenvalue weighted by Crippen LogP contribution is -2.27. The minimum atomic E-state index is 0.220. The van der Waals surface area contributed by atoms with Crippen LogP contribution in [0.25, 0.3) is 0 Å². The molecule has 1 fully saturated rings.